The minimum atomic E-state index is -0.565. The van der Waals surface area contributed by atoms with Gasteiger partial charge < -0.3 is 4.74 Å². The molecule has 0 N–H and O–H groups in total. The van der Waals surface area contributed by atoms with E-state index in [0.717, 1.165) is 0 Å². The molecule has 0 saturated carbocycles. The Labute approximate surface area is 130 Å². The predicted molar refractivity (Wildman–Crippen MR) is 81.1 cm³/mol. The molecular weight excluding hydrogens is 338 g/mol. The van der Waals surface area contributed by atoms with Crippen molar-refractivity contribution < 1.29 is 14.3 Å². The summed E-state index contributed by atoms with van der Waals surface area (Å²) in [6, 6.07) is 1.71. The Morgan fingerprint density at radius 3 is 2.62 bits per heavy atom. The summed E-state index contributed by atoms with van der Waals surface area (Å²) in [6.07, 6.45) is 1.57. The van der Waals surface area contributed by atoms with E-state index in [-0.39, 0.29) is 12.3 Å². The second-order valence-electron chi connectivity index (χ2n) is 5.67. The largest absolute Gasteiger partial charge is 0.459 e. The van der Waals surface area contributed by atoms with E-state index in [9.17, 15) is 9.59 Å². The Balaban J connectivity index is 2.41. The molecule has 0 aromatic carbocycles. The summed E-state index contributed by atoms with van der Waals surface area (Å²) in [7, 11) is 0. The SMILES string of the molecule is CC(=O)c1nn(CC(=O)OC(C)(C)C)c2cnc(Br)cc12. The van der Waals surface area contributed by atoms with Crippen LogP contribution in [0.15, 0.2) is 16.9 Å². The number of ether oxygens (including phenoxy) is 1. The Hall–Kier alpha value is -1.76. The van der Waals surface area contributed by atoms with Gasteiger partial charge in [-0.3, -0.25) is 14.3 Å². The number of carbonyl (C=O) groups is 2. The van der Waals surface area contributed by atoms with Gasteiger partial charge >= 0.3 is 5.97 Å². The molecule has 0 atom stereocenters. The third-order valence-electron chi connectivity index (χ3n) is 2.64. The molecule has 2 heterocycles. The number of hydrogen-bond donors (Lipinski definition) is 0. The Morgan fingerprint density at radius 2 is 2.05 bits per heavy atom. The van der Waals surface area contributed by atoms with Crippen molar-refractivity contribution in [2.24, 2.45) is 0 Å². The molecule has 21 heavy (non-hydrogen) atoms. The molecule has 0 radical (unpaired) electrons. The van der Waals surface area contributed by atoms with Gasteiger partial charge in [-0.2, -0.15) is 5.10 Å². The fourth-order valence-electron chi connectivity index (χ4n) is 1.92. The Bertz CT molecular complexity index is 716. The average Bonchev–Trinajstić information content (AvgIpc) is 2.64. The predicted octanol–water partition coefficient (Wildman–Crippen LogP) is 2.74. The van der Waals surface area contributed by atoms with Crippen molar-refractivity contribution in [3.05, 3.63) is 22.6 Å². The van der Waals surface area contributed by atoms with E-state index in [2.05, 4.69) is 26.0 Å². The summed E-state index contributed by atoms with van der Waals surface area (Å²) < 4.78 is 7.32. The topological polar surface area (TPSA) is 74.1 Å². The van der Waals surface area contributed by atoms with E-state index >= 15 is 0 Å². The quantitative estimate of drug-likeness (QED) is 0.481. The fraction of sp³-hybridized carbons (Fsp3) is 0.429. The molecule has 0 fully saturated rings. The highest BCUT2D eigenvalue weighted by molar-refractivity contribution is 9.10. The van der Waals surface area contributed by atoms with E-state index in [1.165, 1.54) is 11.6 Å². The maximum absolute atomic E-state index is 11.9. The van der Waals surface area contributed by atoms with Crippen molar-refractivity contribution in [2.45, 2.75) is 39.8 Å². The summed E-state index contributed by atoms with van der Waals surface area (Å²) in [5.41, 5.74) is 0.371. The van der Waals surface area contributed by atoms with Gasteiger partial charge in [-0.05, 0) is 42.8 Å². The van der Waals surface area contributed by atoms with Gasteiger partial charge in [0.25, 0.3) is 0 Å². The summed E-state index contributed by atoms with van der Waals surface area (Å²) in [6.45, 7) is 6.77. The van der Waals surface area contributed by atoms with Crippen LogP contribution in [-0.2, 0) is 16.1 Å². The van der Waals surface area contributed by atoms with Crippen LogP contribution in [0.5, 0.6) is 0 Å². The lowest BCUT2D eigenvalue weighted by Crippen LogP contribution is -2.26. The first-order valence-corrected chi connectivity index (χ1v) is 7.21. The van der Waals surface area contributed by atoms with Crippen molar-refractivity contribution in [1.82, 2.24) is 14.8 Å². The Morgan fingerprint density at radius 1 is 1.38 bits per heavy atom. The molecule has 0 aliphatic rings. The van der Waals surface area contributed by atoms with Crippen LogP contribution in [0, 0.1) is 0 Å². The van der Waals surface area contributed by atoms with Gasteiger partial charge in [-0.1, -0.05) is 0 Å². The van der Waals surface area contributed by atoms with E-state index < -0.39 is 11.6 Å². The van der Waals surface area contributed by atoms with Gasteiger partial charge in [-0.15, -0.1) is 0 Å². The number of aromatic nitrogens is 3. The highest BCUT2D eigenvalue weighted by Gasteiger charge is 2.20. The molecule has 0 saturated heterocycles. The number of hydrogen-bond acceptors (Lipinski definition) is 5. The van der Waals surface area contributed by atoms with Crippen molar-refractivity contribution >= 4 is 38.6 Å². The molecule has 112 valence electrons. The van der Waals surface area contributed by atoms with E-state index in [1.54, 1.807) is 33.0 Å². The first-order chi connectivity index (χ1) is 9.67. The standard InChI is InChI=1S/C14H16BrN3O3/c1-8(19)13-9-5-11(15)16-6-10(9)18(17-13)7-12(20)21-14(2,3)4/h5-6H,7H2,1-4H3. The van der Waals surface area contributed by atoms with Gasteiger partial charge in [0.05, 0.1) is 11.7 Å². The summed E-state index contributed by atoms with van der Waals surface area (Å²) in [4.78, 5) is 27.7. The van der Waals surface area contributed by atoms with E-state index in [4.69, 9.17) is 4.74 Å². The molecule has 0 aliphatic heterocycles. The molecule has 0 bridgehead atoms. The van der Waals surface area contributed by atoms with Crippen LogP contribution >= 0.6 is 15.9 Å². The lowest BCUT2D eigenvalue weighted by molar-refractivity contribution is -0.155. The van der Waals surface area contributed by atoms with Gasteiger partial charge in [0.15, 0.2) is 5.78 Å². The van der Waals surface area contributed by atoms with Crippen LogP contribution in [-0.4, -0.2) is 32.1 Å². The number of halogens is 1. The van der Waals surface area contributed by atoms with Crippen molar-refractivity contribution in [2.75, 3.05) is 0 Å². The number of ketones is 1. The molecule has 2 aromatic heterocycles. The second-order valence-corrected chi connectivity index (χ2v) is 6.49. The smallest absolute Gasteiger partial charge is 0.328 e. The molecular formula is C14H16BrN3O3. The molecule has 2 rings (SSSR count). The van der Waals surface area contributed by atoms with Crippen LogP contribution in [0.1, 0.15) is 38.2 Å². The van der Waals surface area contributed by atoms with Gasteiger partial charge in [0, 0.05) is 12.3 Å². The van der Waals surface area contributed by atoms with Crippen LogP contribution in [0.3, 0.4) is 0 Å². The maximum Gasteiger partial charge on any atom is 0.328 e. The van der Waals surface area contributed by atoms with Crippen molar-refractivity contribution in [3.8, 4) is 0 Å². The number of pyridine rings is 1. The highest BCUT2D eigenvalue weighted by atomic mass is 79.9. The number of fused-ring (bicyclic) bond motifs is 1. The van der Waals surface area contributed by atoms with Gasteiger partial charge in [0.2, 0.25) is 0 Å². The lowest BCUT2D eigenvalue weighted by atomic mass is 10.2. The van der Waals surface area contributed by atoms with Crippen LogP contribution in [0.2, 0.25) is 0 Å². The molecule has 0 unspecified atom stereocenters. The Kier molecular flexibility index (Phi) is 4.13. The highest BCUT2D eigenvalue weighted by Crippen LogP contribution is 2.22. The van der Waals surface area contributed by atoms with Crippen molar-refractivity contribution in [3.63, 3.8) is 0 Å². The van der Waals surface area contributed by atoms with E-state index in [1.807, 2.05) is 0 Å². The minimum absolute atomic E-state index is 0.0651. The maximum atomic E-state index is 11.9. The van der Waals surface area contributed by atoms with Gasteiger partial charge in [-0.25, -0.2) is 4.98 Å². The molecule has 6 nitrogen and oxygen atoms in total. The first kappa shape index (κ1) is 15.6. The molecule has 2 aromatic rings. The van der Waals surface area contributed by atoms with Crippen LogP contribution in [0.25, 0.3) is 10.9 Å². The summed E-state index contributed by atoms with van der Waals surface area (Å²) in [5.74, 6) is -0.578. The zero-order valence-electron chi connectivity index (χ0n) is 12.3. The minimum Gasteiger partial charge on any atom is -0.459 e. The molecule has 0 amide bonds. The average molecular weight is 354 g/mol. The third kappa shape index (κ3) is 3.66. The zero-order chi connectivity index (χ0) is 15.8. The third-order valence-corrected chi connectivity index (χ3v) is 3.07. The number of Topliss-reactive ketones (excluding diaryl/α,β-unsaturated/α-hetero) is 1. The van der Waals surface area contributed by atoms with E-state index in [0.29, 0.717) is 21.2 Å². The number of carbonyl (C=O) groups excluding carboxylic acids is 2. The normalized spacial score (nSPS) is 11.7. The first-order valence-electron chi connectivity index (χ1n) is 6.42. The van der Waals surface area contributed by atoms with Crippen LogP contribution in [0.4, 0.5) is 0 Å². The molecule has 7 heteroatoms. The second kappa shape index (κ2) is 5.55. The molecule has 0 aliphatic carbocycles. The zero-order valence-corrected chi connectivity index (χ0v) is 13.9. The number of nitrogens with zero attached hydrogens (tertiary/aromatic N) is 3. The lowest BCUT2D eigenvalue weighted by Gasteiger charge is -2.19. The fourth-order valence-corrected chi connectivity index (χ4v) is 2.25. The summed E-state index contributed by atoms with van der Waals surface area (Å²) >= 11 is 3.26. The monoisotopic (exact) mass is 353 g/mol. The molecule has 0 spiro atoms. The number of rotatable bonds is 3. The van der Waals surface area contributed by atoms with Crippen LogP contribution < -0.4 is 0 Å². The van der Waals surface area contributed by atoms with Gasteiger partial charge in [0.1, 0.15) is 22.4 Å². The summed E-state index contributed by atoms with van der Waals surface area (Å²) in [5, 5.41) is 4.87. The number of esters is 1. The van der Waals surface area contributed by atoms with Crippen molar-refractivity contribution in [1.29, 1.82) is 0 Å².